The van der Waals surface area contributed by atoms with Crippen molar-refractivity contribution in [1.29, 1.82) is 0 Å². The maximum absolute atomic E-state index is 12.7. The molecule has 0 aliphatic carbocycles. The van der Waals surface area contributed by atoms with Crippen molar-refractivity contribution in [3.8, 4) is 0 Å². The third kappa shape index (κ3) is 15.7. The SMILES string of the molecule is CCCCN(C)C(=O)OCCCNC(=O)C(CC(=O)O)NC(=O)C(CC(=O)O)NC(=O)C(CC(=O)O)NC(C)=O. The van der Waals surface area contributed by atoms with Crippen LogP contribution >= 0.6 is 0 Å². The van der Waals surface area contributed by atoms with E-state index in [1.807, 2.05) is 12.2 Å². The molecular formula is C23H37N5O12. The van der Waals surface area contributed by atoms with Crippen molar-refractivity contribution >= 4 is 47.6 Å². The van der Waals surface area contributed by atoms with E-state index >= 15 is 0 Å². The number of carbonyl (C=O) groups excluding carboxylic acids is 5. The summed E-state index contributed by atoms with van der Waals surface area (Å²) in [5.74, 6) is -8.63. The van der Waals surface area contributed by atoms with Gasteiger partial charge in [0.05, 0.1) is 25.9 Å². The van der Waals surface area contributed by atoms with Crippen LogP contribution in [0.4, 0.5) is 4.79 Å². The Morgan fingerprint density at radius 2 is 1.18 bits per heavy atom. The molecule has 7 N–H and O–H groups in total. The van der Waals surface area contributed by atoms with Crippen LogP contribution in [0.2, 0.25) is 0 Å². The Kier molecular flexibility index (Phi) is 16.7. The number of ether oxygens (including phenoxy) is 1. The van der Waals surface area contributed by atoms with Crippen molar-refractivity contribution in [2.45, 2.75) is 70.5 Å². The maximum atomic E-state index is 12.7. The summed E-state index contributed by atoms with van der Waals surface area (Å²) in [4.78, 5) is 95.8. The van der Waals surface area contributed by atoms with Gasteiger partial charge in [-0.05, 0) is 12.8 Å². The molecule has 0 heterocycles. The third-order valence-corrected chi connectivity index (χ3v) is 5.10. The minimum atomic E-state index is -1.84. The van der Waals surface area contributed by atoms with Gasteiger partial charge in [0.15, 0.2) is 0 Å². The number of carboxylic acid groups (broad SMARTS) is 3. The predicted octanol–water partition coefficient (Wildman–Crippen LogP) is -1.74. The zero-order valence-electron chi connectivity index (χ0n) is 22.6. The van der Waals surface area contributed by atoms with E-state index in [0.717, 1.165) is 19.8 Å². The molecule has 0 aliphatic heterocycles. The van der Waals surface area contributed by atoms with E-state index in [9.17, 15) is 38.4 Å². The number of unbranched alkanes of at least 4 members (excludes halogenated alkanes) is 1. The van der Waals surface area contributed by atoms with Crippen LogP contribution in [-0.2, 0) is 38.3 Å². The van der Waals surface area contributed by atoms with Crippen molar-refractivity contribution in [1.82, 2.24) is 26.2 Å². The average Bonchev–Trinajstić information content (AvgIpc) is 2.84. The van der Waals surface area contributed by atoms with Gasteiger partial charge in [-0.1, -0.05) is 13.3 Å². The third-order valence-electron chi connectivity index (χ3n) is 5.10. The van der Waals surface area contributed by atoms with Crippen molar-refractivity contribution in [3.63, 3.8) is 0 Å². The Labute approximate surface area is 230 Å². The fourth-order valence-corrected chi connectivity index (χ4v) is 3.10. The van der Waals surface area contributed by atoms with Crippen LogP contribution in [0.25, 0.3) is 0 Å². The summed E-state index contributed by atoms with van der Waals surface area (Å²) in [5, 5.41) is 35.8. The van der Waals surface area contributed by atoms with Crippen molar-refractivity contribution < 1.29 is 58.4 Å². The zero-order chi connectivity index (χ0) is 30.8. The monoisotopic (exact) mass is 575 g/mol. The second-order valence-corrected chi connectivity index (χ2v) is 8.70. The molecule has 0 aliphatic rings. The number of hydrogen-bond acceptors (Lipinski definition) is 9. The van der Waals surface area contributed by atoms with Crippen molar-refractivity contribution in [3.05, 3.63) is 0 Å². The number of rotatable bonds is 19. The largest absolute Gasteiger partial charge is 0.481 e. The highest BCUT2D eigenvalue weighted by atomic mass is 16.6. The van der Waals surface area contributed by atoms with E-state index in [1.165, 1.54) is 4.90 Å². The van der Waals surface area contributed by atoms with Crippen LogP contribution in [0.5, 0.6) is 0 Å². The molecule has 3 unspecified atom stereocenters. The Bertz CT molecular complexity index is 925. The minimum absolute atomic E-state index is 0.0515. The fraction of sp³-hybridized carbons (Fsp3) is 0.652. The summed E-state index contributed by atoms with van der Waals surface area (Å²) in [7, 11) is 1.57. The van der Waals surface area contributed by atoms with E-state index in [-0.39, 0.29) is 19.6 Å². The summed E-state index contributed by atoms with van der Waals surface area (Å²) in [6, 6.07) is -5.16. The highest BCUT2D eigenvalue weighted by Gasteiger charge is 2.32. The average molecular weight is 576 g/mol. The van der Waals surface area contributed by atoms with Gasteiger partial charge < -0.3 is 46.2 Å². The Hall–Kier alpha value is -4.44. The molecule has 0 aromatic rings. The first-order chi connectivity index (χ1) is 18.7. The van der Waals surface area contributed by atoms with Crippen LogP contribution in [0.1, 0.15) is 52.4 Å². The summed E-state index contributed by atoms with van der Waals surface area (Å²) in [5.41, 5.74) is 0. The minimum Gasteiger partial charge on any atom is -0.481 e. The molecule has 0 rings (SSSR count). The lowest BCUT2D eigenvalue weighted by atomic mass is 10.1. The molecule has 40 heavy (non-hydrogen) atoms. The number of aliphatic carboxylic acids is 3. The van der Waals surface area contributed by atoms with Crippen LogP contribution < -0.4 is 21.3 Å². The highest BCUT2D eigenvalue weighted by Crippen LogP contribution is 2.02. The van der Waals surface area contributed by atoms with E-state index in [2.05, 4.69) is 16.0 Å². The summed E-state index contributed by atoms with van der Waals surface area (Å²) in [6.45, 7) is 3.38. The summed E-state index contributed by atoms with van der Waals surface area (Å²) >= 11 is 0. The molecule has 0 spiro atoms. The maximum Gasteiger partial charge on any atom is 0.409 e. The lowest BCUT2D eigenvalue weighted by Crippen LogP contribution is -2.57. The van der Waals surface area contributed by atoms with Gasteiger partial charge in [0.25, 0.3) is 0 Å². The highest BCUT2D eigenvalue weighted by molar-refractivity contribution is 5.97. The molecule has 5 amide bonds. The molecule has 0 radical (unpaired) electrons. The van der Waals surface area contributed by atoms with E-state index in [4.69, 9.17) is 20.1 Å². The van der Waals surface area contributed by atoms with Crippen molar-refractivity contribution in [2.75, 3.05) is 26.7 Å². The normalized spacial score (nSPS) is 12.6. The van der Waals surface area contributed by atoms with Crippen LogP contribution in [0.3, 0.4) is 0 Å². The summed E-state index contributed by atoms with van der Waals surface area (Å²) < 4.78 is 5.06. The van der Waals surface area contributed by atoms with Gasteiger partial charge in [-0.2, -0.15) is 0 Å². The first-order valence-corrected chi connectivity index (χ1v) is 12.4. The number of carboxylic acids is 3. The molecule has 3 atom stereocenters. The Morgan fingerprint density at radius 1 is 0.725 bits per heavy atom. The van der Waals surface area contributed by atoms with Gasteiger partial charge in [-0.15, -0.1) is 0 Å². The van der Waals surface area contributed by atoms with Crippen molar-refractivity contribution in [2.24, 2.45) is 0 Å². The molecule has 0 fully saturated rings. The van der Waals surface area contributed by atoms with Gasteiger partial charge in [-0.25, -0.2) is 4.79 Å². The smallest absolute Gasteiger partial charge is 0.409 e. The first-order valence-electron chi connectivity index (χ1n) is 12.4. The fourth-order valence-electron chi connectivity index (χ4n) is 3.10. The number of carbonyl (C=O) groups is 8. The topological polar surface area (TPSA) is 258 Å². The first kappa shape index (κ1) is 35.6. The zero-order valence-corrected chi connectivity index (χ0v) is 22.6. The second-order valence-electron chi connectivity index (χ2n) is 8.70. The van der Waals surface area contributed by atoms with Crippen LogP contribution in [0.15, 0.2) is 0 Å². The molecule has 226 valence electrons. The predicted molar refractivity (Wildman–Crippen MR) is 135 cm³/mol. The molecule has 0 aromatic carbocycles. The molecule has 0 saturated heterocycles. The molecule has 17 heteroatoms. The van der Waals surface area contributed by atoms with Gasteiger partial charge in [-0.3, -0.25) is 33.6 Å². The van der Waals surface area contributed by atoms with Gasteiger partial charge >= 0.3 is 24.0 Å². The molecule has 17 nitrogen and oxygen atoms in total. The quantitative estimate of drug-likeness (QED) is 0.0847. The number of amides is 5. The Morgan fingerprint density at radius 3 is 1.60 bits per heavy atom. The van der Waals surface area contributed by atoms with Crippen LogP contribution in [0, 0.1) is 0 Å². The molecule has 0 aromatic heterocycles. The lowest BCUT2D eigenvalue weighted by Gasteiger charge is -2.23. The number of nitrogens with zero attached hydrogens (tertiary/aromatic N) is 1. The van der Waals surface area contributed by atoms with E-state index in [0.29, 0.717) is 6.54 Å². The van der Waals surface area contributed by atoms with Gasteiger partial charge in [0.2, 0.25) is 23.6 Å². The van der Waals surface area contributed by atoms with E-state index < -0.39 is 85.0 Å². The Balaban J connectivity index is 5.23. The van der Waals surface area contributed by atoms with Gasteiger partial charge in [0.1, 0.15) is 18.1 Å². The second kappa shape index (κ2) is 18.8. The van der Waals surface area contributed by atoms with E-state index in [1.54, 1.807) is 7.05 Å². The number of nitrogens with one attached hydrogen (secondary N) is 4. The molecule has 0 saturated carbocycles. The molecule has 0 bridgehead atoms. The lowest BCUT2D eigenvalue weighted by molar-refractivity contribution is -0.144. The summed E-state index contributed by atoms with van der Waals surface area (Å²) in [6.07, 6.45) is -1.46. The standard InChI is InChI=1S/C23H37N5O12/c1-4-5-8-28(3)23(39)40-9-6-7-24-20(36)14(10-17(30)31)26-22(38)16(12-19(34)35)27-21(37)15(11-18(32)33)25-13(2)29/h14-16H,4-12H2,1-3H3,(H,24,36)(H,25,29)(H,26,38)(H,27,37)(H,30,31)(H,32,33)(H,34,35). The molecular weight excluding hydrogens is 538 g/mol. The van der Waals surface area contributed by atoms with Crippen LogP contribution in [-0.4, -0.2) is 113 Å². The van der Waals surface area contributed by atoms with Gasteiger partial charge in [0, 0.05) is 27.1 Å². The number of hydrogen-bond donors (Lipinski definition) is 7.